The smallest absolute Gasteiger partial charge is 0.303 e. The lowest BCUT2D eigenvalue weighted by Crippen LogP contribution is -2.62. The number of hydrogen-bond acceptors (Lipinski definition) is 39. The number of carbonyl (C=O) groups is 12. The molecule has 15 atom stereocenters. The van der Waals surface area contributed by atoms with Crippen molar-refractivity contribution in [2.24, 2.45) is 0 Å². The molecule has 3 aliphatic rings. The van der Waals surface area contributed by atoms with Crippen LogP contribution >= 0.6 is 0 Å². The zero-order valence-corrected chi connectivity index (χ0v) is 59.8. The topological polar surface area (TPSA) is 491 Å². The van der Waals surface area contributed by atoms with Crippen molar-refractivity contribution in [3.8, 4) is 17.2 Å². The number of methoxy groups -OCH3 is 3. The number of aromatic nitrogens is 9. The van der Waals surface area contributed by atoms with Crippen LogP contribution in [0.15, 0.2) is 18.6 Å². The lowest BCUT2D eigenvalue weighted by Gasteiger charge is -2.43. The third-order valence-corrected chi connectivity index (χ3v) is 15.0. The fraction of sp³-hybridized carbons (Fsp3) is 0.619. The van der Waals surface area contributed by atoms with E-state index in [1.54, 1.807) is 0 Å². The zero-order chi connectivity index (χ0) is 77.1. The van der Waals surface area contributed by atoms with Crippen molar-refractivity contribution in [1.82, 2.24) is 45.0 Å². The second-order valence-corrected chi connectivity index (χ2v) is 23.4. The molecule has 3 saturated heterocycles. The molecule has 6 heterocycles. The summed E-state index contributed by atoms with van der Waals surface area (Å²) in [5, 5.41) is 25.9. The van der Waals surface area contributed by atoms with Gasteiger partial charge in [-0.3, -0.25) is 57.5 Å². The Kier molecular flexibility index (Phi) is 29.4. The molecule has 42 heteroatoms. The first kappa shape index (κ1) is 81.7. The molecule has 0 unspecified atom stereocenters. The molecule has 1 aromatic carbocycles. The molecule has 576 valence electrons. The van der Waals surface area contributed by atoms with Crippen LogP contribution in [0.1, 0.15) is 117 Å². The summed E-state index contributed by atoms with van der Waals surface area (Å²) in [5.74, 6) is -9.58. The lowest BCUT2D eigenvalue weighted by molar-refractivity contribution is -0.310. The van der Waals surface area contributed by atoms with Gasteiger partial charge in [-0.2, -0.15) is 0 Å². The monoisotopic (exact) mass is 1490 g/mol. The summed E-state index contributed by atoms with van der Waals surface area (Å²) in [5.41, 5.74) is 1.21. The number of esters is 12. The van der Waals surface area contributed by atoms with Crippen LogP contribution in [0.2, 0.25) is 0 Å². The van der Waals surface area contributed by atoms with Crippen LogP contribution in [0, 0.1) is 0 Å². The van der Waals surface area contributed by atoms with Crippen LogP contribution in [0.5, 0.6) is 17.2 Å². The minimum Gasteiger partial charge on any atom is -0.496 e. The van der Waals surface area contributed by atoms with E-state index in [9.17, 15) is 57.5 Å². The summed E-state index contributed by atoms with van der Waals surface area (Å²) in [6, 6.07) is 0. The van der Waals surface area contributed by atoms with Gasteiger partial charge in [0.1, 0.15) is 72.5 Å². The number of benzene rings is 1. The Labute approximate surface area is 597 Å². The molecular formula is C63H81N9O33. The summed E-state index contributed by atoms with van der Waals surface area (Å²) in [4.78, 5) is 148. The second kappa shape index (κ2) is 37.7. The Balaban J connectivity index is 1.26. The predicted molar refractivity (Wildman–Crippen MR) is 334 cm³/mol. The van der Waals surface area contributed by atoms with E-state index in [1.807, 2.05) is 0 Å². The van der Waals surface area contributed by atoms with Gasteiger partial charge in [0, 0.05) is 83.1 Å². The molecule has 0 N–H and O–H groups in total. The third-order valence-electron chi connectivity index (χ3n) is 15.0. The van der Waals surface area contributed by atoms with Crippen LogP contribution < -0.4 is 14.2 Å². The van der Waals surface area contributed by atoms with Gasteiger partial charge >= 0.3 is 71.6 Å². The van der Waals surface area contributed by atoms with Gasteiger partial charge in [0.2, 0.25) is 0 Å². The van der Waals surface area contributed by atoms with Crippen LogP contribution in [-0.2, 0) is 182 Å². The van der Waals surface area contributed by atoms with Crippen molar-refractivity contribution in [1.29, 1.82) is 0 Å². The average Bonchev–Trinajstić information content (AvgIpc) is 1.68. The van der Waals surface area contributed by atoms with Gasteiger partial charge in [-0.15, -0.1) is 15.3 Å². The van der Waals surface area contributed by atoms with E-state index in [1.165, 1.54) is 54.0 Å². The van der Waals surface area contributed by atoms with E-state index in [2.05, 4.69) is 30.9 Å². The third kappa shape index (κ3) is 23.0. The standard InChI is InChI=1S/C63H81N9O33/c1-28(73)88-25-46-52(94-31(4)76)55(97-34(7)79)58(100-37(10)82)61(103-46)91-22-40-16-70(67-64-40)19-43-49(85-13)44(20-71-17-41(65-68-71)23-92-62-59(101-38(11)83)56(98-35(8)80)53(95-32(5)77)47(104-62)26-89-29(2)74)51(87-15)45(50(43)86-14)21-72-18-42(66-69-72)24-93-63-60(102-39(12)84)57(99-36(9)81)54(96-33(6)78)48(105-63)27-90-30(3)75/h16-18,46-48,52-63H,19-27H2,1-15H3/t46-,47-,48-,52-,53-,54-,55+,56+,57+,58+,59+,60+,61+,62+,63+/m1/s1. The van der Waals surface area contributed by atoms with Crippen molar-refractivity contribution < 1.29 is 157 Å². The van der Waals surface area contributed by atoms with Crippen molar-refractivity contribution in [3.63, 3.8) is 0 Å². The van der Waals surface area contributed by atoms with Crippen molar-refractivity contribution in [3.05, 3.63) is 52.4 Å². The molecule has 4 aromatic rings. The van der Waals surface area contributed by atoms with Gasteiger partial charge < -0.3 is 99.5 Å². The number of ether oxygens (including phenoxy) is 21. The van der Waals surface area contributed by atoms with Crippen LogP contribution in [0.3, 0.4) is 0 Å². The maximum Gasteiger partial charge on any atom is 0.303 e. The van der Waals surface area contributed by atoms with Gasteiger partial charge in [0.05, 0.1) is 96.1 Å². The lowest BCUT2D eigenvalue weighted by atomic mass is 9.98. The van der Waals surface area contributed by atoms with E-state index in [0.29, 0.717) is 0 Å². The summed E-state index contributed by atoms with van der Waals surface area (Å²) in [7, 11) is 4.08. The highest BCUT2D eigenvalue weighted by molar-refractivity contribution is 5.72. The fourth-order valence-corrected chi connectivity index (χ4v) is 11.4. The first-order valence-corrected chi connectivity index (χ1v) is 32.0. The maximum atomic E-state index is 12.6. The van der Waals surface area contributed by atoms with E-state index >= 15 is 0 Å². The molecule has 0 saturated carbocycles. The minimum atomic E-state index is -1.59. The molecule has 0 amide bonds. The highest BCUT2D eigenvalue weighted by Gasteiger charge is 2.56. The van der Waals surface area contributed by atoms with Gasteiger partial charge in [-0.1, -0.05) is 15.6 Å². The van der Waals surface area contributed by atoms with Crippen LogP contribution in [-0.4, -0.2) is 250 Å². The average molecular weight is 1490 g/mol. The first-order chi connectivity index (χ1) is 49.7. The zero-order valence-electron chi connectivity index (χ0n) is 59.8. The van der Waals surface area contributed by atoms with E-state index in [0.717, 1.165) is 83.1 Å². The maximum absolute atomic E-state index is 12.6. The van der Waals surface area contributed by atoms with E-state index < -0.39 is 203 Å². The van der Waals surface area contributed by atoms with Crippen LogP contribution in [0.25, 0.3) is 0 Å². The summed E-state index contributed by atoms with van der Waals surface area (Å²) < 4.78 is 125. The normalized spacial score (nSPS) is 24.1. The molecule has 0 aliphatic carbocycles. The van der Waals surface area contributed by atoms with Gasteiger partial charge in [0.25, 0.3) is 0 Å². The molecule has 42 nitrogen and oxygen atoms in total. The Bertz CT molecular complexity index is 3380. The Morgan fingerprint density at radius 2 is 0.524 bits per heavy atom. The molecule has 0 radical (unpaired) electrons. The van der Waals surface area contributed by atoms with Crippen molar-refractivity contribution in [2.45, 2.75) is 215 Å². The SMILES string of the molecule is COc1c(Cn2cc(CO[C@H]3O[C@H](COC(C)=O)[C@@H](OC(C)=O)[C@H](OC(C)=O)[C@@H]3OC(C)=O)nn2)c(OC)c(Cn2cc(CO[C@H]3O[C@H](COC(C)=O)[C@@H](OC(C)=O)[C@H](OC(C)=O)[C@@H]3OC(C)=O)nn2)c(OC)c1Cn1cc(CO[C@H]2O[C@H](COC(C)=O)[C@@H](OC(C)=O)[C@H](OC(C)=O)[C@@H]2OC(C)=O)nn1. The molecular weight excluding hydrogens is 1410 g/mol. The summed E-state index contributed by atoms with van der Waals surface area (Å²) >= 11 is 0. The second-order valence-electron chi connectivity index (χ2n) is 23.4. The van der Waals surface area contributed by atoms with Gasteiger partial charge in [-0.25, -0.2) is 14.0 Å². The molecule has 105 heavy (non-hydrogen) atoms. The highest BCUT2D eigenvalue weighted by Crippen LogP contribution is 2.45. The number of nitrogens with zero attached hydrogens (tertiary/aromatic N) is 9. The molecule has 3 fully saturated rings. The highest BCUT2D eigenvalue weighted by atomic mass is 16.8. The van der Waals surface area contributed by atoms with E-state index in [4.69, 9.17) is 99.5 Å². The number of hydrogen-bond donors (Lipinski definition) is 0. The molecule has 3 aliphatic heterocycles. The predicted octanol–water partition coefficient (Wildman–Crippen LogP) is -0.569. The van der Waals surface area contributed by atoms with E-state index in [-0.39, 0.29) is 70.7 Å². The molecule has 3 aromatic heterocycles. The van der Waals surface area contributed by atoms with Crippen molar-refractivity contribution in [2.75, 3.05) is 41.2 Å². The van der Waals surface area contributed by atoms with Crippen molar-refractivity contribution >= 4 is 71.6 Å². The Morgan fingerprint density at radius 1 is 0.314 bits per heavy atom. The Hall–Kier alpha value is -10.6. The van der Waals surface area contributed by atoms with Gasteiger partial charge in [0.15, 0.2) is 73.8 Å². The largest absolute Gasteiger partial charge is 0.496 e. The summed E-state index contributed by atoms with van der Waals surface area (Å²) in [6.45, 7) is 9.39. The molecule has 7 rings (SSSR count). The fourth-order valence-electron chi connectivity index (χ4n) is 11.4. The summed E-state index contributed by atoms with van der Waals surface area (Å²) in [6.07, 6.45) is -18.2. The van der Waals surface area contributed by atoms with Gasteiger partial charge in [-0.05, 0) is 0 Å². The quantitative estimate of drug-likeness (QED) is 0.0426. The molecule has 0 spiro atoms. The Morgan fingerprint density at radius 3 is 0.724 bits per heavy atom. The van der Waals surface area contributed by atoms with Crippen LogP contribution in [0.4, 0.5) is 0 Å². The molecule has 0 bridgehead atoms. The number of carbonyl (C=O) groups excluding carboxylic acids is 12. The number of rotatable bonds is 33. The first-order valence-electron chi connectivity index (χ1n) is 32.0. The minimum absolute atomic E-state index is 0.122.